The Labute approximate surface area is 166 Å². The molecule has 5 rings (SSSR count). The summed E-state index contributed by atoms with van der Waals surface area (Å²) >= 11 is 0. The highest BCUT2D eigenvalue weighted by Crippen LogP contribution is 2.27. The van der Waals surface area contributed by atoms with Crippen LogP contribution in [0.15, 0.2) is 90.6 Å². The Kier molecular flexibility index (Phi) is 4.02. The smallest absolute Gasteiger partial charge is 0.251 e. The number of rotatable bonds is 4. The van der Waals surface area contributed by atoms with Gasteiger partial charge in [-0.05, 0) is 41.5 Å². The van der Waals surface area contributed by atoms with Gasteiger partial charge in [0, 0.05) is 42.2 Å². The molecule has 0 radical (unpaired) electrons. The summed E-state index contributed by atoms with van der Waals surface area (Å²) in [7, 11) is 0. The molecule has 6 nitrogen and oxygen atoms in total. The zero-order chi connectivity index (χ0) is 19.8. The van der Waals surface area contributed by atoms with Crippen LogP contribution in [0.1, 0.15) is 0 Å². The number of para-hydroxylation sites is 1. The highest BCUT2D eigenvalue weighted by molar-refractivity contribution is 5.92. The van der Waals surface area contributed by atoms with Gasteiger partial charge in [-0.2, -0.15) is 0 Å². The van der Waals surface area contributed by atoms with Gasteiger partial charge in [0.25, 0.3) is 5.56 Å². The van der Waals surface area contributed by atoms with E-state index in [0.29, 0.717) is 12.2 Å². The molecule has 29 heavy (non-hydrogen) atoms. The monoisotopic (exact) mass is 379 g/mol. The van der Waals surface area contributed by atoms with E-state index in [0.717, 1.165) is 33.4 Å². The summed E-state index contributed by atoms with van der Waals surface area (Å²) in [5, 5.41) is 9.80. The Morgan fingerprint density at radius 1 is 0.966 bits per heavy atom. The van der Waals surface area contributed by atoms with Gasteiger partial charge in [0.15, 0.2) is 11.5 Å². The van der Waals surface area contributed by atoms with Crippen molar-refractivity contribution < 1.29 is 0 Å². The number of hydrogen-bond donors (Lipinski definition) is 0. The molecule has 140 valence electrons. The highest BCUT2D eigenvalue weighted by Gasteiger charge is 2.12. The normalized spacial score (nSPS) is 11.2. The second kappa shape index (κ2) is 6.83. The molecule has 0 saturated carbocycles. The lowest BCUT2D eigenvalue weighted by atomic mass is 10.1. The molecule has 0 amide bonds. The molecule has 4 aromatic heterocycles. The van der Waals surface area contributed by atoms with Crippen LogP contribution in [0, 0.1) is 0 Å². The molecule has 0 aliphatic carbocycles. The summed E-state index contributed by atoms with van der Waals surface area (Å²) in [6, 6.07) is 17.4. The third-order valence-electron chi connectivity index (χ3n) is 4.96. The van der Waals surface area contributed by atoms with E-state index in [9.17, 15) is 4.79 Å². The Bertz CT molecular complexity index is 1430. The SMILES string of the molecule is C=CCn1ccc(-c2ccn3c(-c4ccnc5ccccc45)nnc3c2)cc1=O. The van der Waals surface area contributed by atoms with Crippen LogP contribution < -0.4 is 5.56 Å². The first-order chi connectivity index (χ1) is 14.2. The molecule has 0 fully saturated rings. The maximum Gasteiger partial charge on any atom is 0.251 e. The zero-order valence-electron chi connectivity index (χ0n) is 15.6. The summed E-state index contributed by atoms with van der Waals surface area (Å²) < 4.78 is 3.56. The van der Waals surface area contributed by atoms with Crippen LogP contribution in [0.4, 0.5) is 0 Å². The molecule has 0 saturated heterocycles. The van der Waals surface area contributed by atoms with E-state index in [4.69, 9.17) is 0 Å². The van der Waals surface area contributed by atoms with Crippen molar-refractivity contribution in [3.63, 3.8) is 0 Å². The first-order valence-corrected chi connectivity index (χ1v) is 9.25. The second-order valence-corrected chi connectivity index (χ2v) is 6.74. The van der Waals surface area contributed by atoms with Crippen LogP contribution in [0.3, 0.4) is 0 Å². The molecule has 0 aliphatic rings. The van der Waals surface area contributed by atoms with Crippen LogP contribution >= 0.6 is 0 Å². The molecule has 4 heterocycles. The van der Waals surface area contributed by atoms with Crippen molar-refractivity contribution in [3.05, 3.63) is 96.2 Å². The van der Waals surface area contributed by atoms with E-state index in [2.05, 4.69) is 21.8 Å². The molecule has 0 unspecified atom stereocenters. The summed E-state index contributed by atoms with van der Waals surface area (Å²) in [6.45, 7) is 4.17. The lowest BCUT2D eigenvalue weighted by Gasteiger charge is -2.07. The number of fused-ring (bicyclic) bond motifs is 2. The lowest BCUT2D eigenvalue weighted by Crippen LogP contribution is -2.17. The average molecular weight is 379 g/mol. The molecule has 6 heteroatoms. The maximum absolute atomic E-state index is 12.3. The summed E-state index contributed by atoms with van der Waals surface area (Å²) in [6.07, 6.45) is 7.20. The number of allylic oxidation sites excluding steroid dienone is 1. The minimum atomic E-state index is -0.0623. The molecule has 0 bridgehead atoms. The maximum atomic E-state index is 12.3. The quantitative estimate of drug-likeness (QED) is 0.443. The van der Waals surface area contributed by atoms with Crippen molar-refractivity contribution in [2.45, 2.75) is 6.54 Å². The van der Waals surface area contributed by atoms with Gasteiger partial charge in [-0.1, -0.05) is 24.3 Å². The first kappa shape index (κ1) is 17.1. The Morgan fingerprint density at radius 3 is 2.66 bits per heavy atom. The van der Waals surface area contributed by atoms with Gasteiger partial charge < -0.3 is 4.57 Å². The van der Waals surface area contributed by atoms with Crippen molar-refractivity contribution in [2.24, 2.45) is 0 Å². The van der Waals surface area contributed by atoms with Crippen LogP contribution in [0.25, 0.3) is 39.1 Å². The van der Waals surface area contributed by atoms with Crippen molar-refractivity contribution in [2.75, 3.05) is 0 Å². The van der Waals surface area contributed by atoms with Crippen molar-refractivity contribution in [3.8, 4) is 22.5 Å². The van der Waals surface area contributed by atoms with Gasteiger partial charge in [-0.25, -0.2) is 0 Å². The lowest BCUT2D eigenvalue weighted by molar-refractivity contribution is 0.781. The number of nitrogens with zero attached hydrogens (tertiary/aromatic N) is 5. The Balaban J connectivity index is 1.61. The predicted molar refractivity (Wildman–Crippen MR) is 114 cm³/mol. The van der Waals surface area contributed by atoms with E-state index < -0.39 is 0 Å². The van der Waals surface area contributed by atoms with Crippen LogP contribution in [-0.2, 0) is 6.54 Å². The van der Waals surface area contributed by atoms with Crippen molar-refractivity contribution in [1.82, 2.24) is 24.1 Å². The average Bonchev–Trinajstić information content (AvgIpc) is 3.18. The molecule has 0 spiro atoms. The minimum absolute atomic E-state index is 0.0623. The molecule has 5 aromatic rings. The molecule has 0 N–H and O–H groups in total. The van der Waals surface area contributed by atoms with E-state index in [-0.39, 0.29) is 5.56 Å². The highest BCUT2D eigenvalue weighted by atomic mass is 16.1. The van der Waals surface area contributed by atoms with Crippen LogP contribution in [-0.4, -0.2) is 24.1 Å². The Hall–Kier alpha value is -4.06. The number of benzene rings is 1. The van der Waals surface area contributed by atoms with Crippen LogP contribution in [0.5, 0.6) is 0 Å². The molecule has 1 aromatic carbocycles. The third-order valence-corrected chi connectivity index (χ3v) is 4.96. The van der Waals surface area contributed by atoms with Gasteiger partial charge >= 0.3 is 0 Å². The van der Waals surface area contributed by atoms with Crippen molar-refractivity contribution in [1.29, 1.82) is 0 Å². The fraction of sp³-hybridized carbons (Fsp3) is 0.0435. The third kappa shape index (κ3) is 2.91. The molecular weight excluding hydrogens is 362 g/mol. The summed E-state index contributed by atoms with van der Waals surface area (Å²) in [5.41, 5.74) is 4.30. The van der Waals surface area contributed by atoms with Gasteiger partial charge in [-0.15, -0.1) is 16.8 Å². The van der Waals surface area contributed by atoms with Gasteiger partial charge in [0.05, 0.1) is 5.52 Å². The van der Waals surface area contributed by atoms with Gasteiger partial charge in [0.2, 0.25) is 0 Å². The minimum Gasteiger partial charge on any atom is -0.312 e. The van der Waals surface area contributed by atoms with Gasteiger partial charge in [0.1, 0.15) is 0 Å². The number of aromatic nitrogens is 5. The number of hydrogen-bond acceptors (Lipinski definition) is 4. The van der Waals surface area contributed by atoms with E-state index in [1.807, 2.05) is 59.1 Å². The standard InChI is InChI=1S/C23H17N5O/c1-2-11-27-12-8-17(15-22(27)29)16-9-13-28-21(14-16)25-26-23(28)19-7-10-24-20-6-4-3-5-18(19)20/h2-10,12-15H,1,11H2. The van der Waals surface area contributed by atoms with Crippen molar-refractivity contribution >= 4 is 16.6 Å². The zero-order valence-corrected chi connectivity index (χ0v) is 15.6. The van der Waals surface area contributed by atoms with E-state index in [1.54, 1.807) is 29.1 Å². The second-order valence-electron chi connectivity index (χ2n) is 6.74. The predicted octanol–water partition coefficient (Wildman–Crippen LogP) is 3.96. The van der Waals surface area contributed by atoms with E-state index >= 15 is 0 Å². The topological polar surface area (TPSA) is 65.1 Å². The largest absolute Gasteiger partial charge is 0.312 e. The number of pyridine rings is 3. The molecule has 0 aliphatic heterocycles. The first-order valence-electron chi connectivity index (χ1n) is 9.25. The van der Waals surface area contributed by atoms with Crippen LogP contribution in [0.2, 0.25) is 0 Å². The summed E-state index contributed by atoms with van der Waals surface area (Å²) in [5.74, 6) is 0.756. The Morgan fingerprint density at radius 2 is 1.79 bits per heavy atom. The fourth-order valence-electron chi connectivity index (χ4n) is 3.52. The summed E-state index contributed by atoms with van der Waals surface area (Å²) in [4.78, 5) is 16.7. The molecule has 0 atom stereocenters. The molecular formula is C23H17N5O. The van der Waals surface area contributed by atoms with E-state index in [1.165, 1.54) is 0 Å². The van der Waals surface area contributed by atoms with Gasteiger partial charge in [-0.3, -0.25) is 14.2 Å². The fourth-order valence-corrected chi connectivity index (χ4v) is 3.52.